The number of carbonyl (C=O) groups excluding carboxylic acids is 5. The summed E-state index contributed by atoms with van der Waals surface area (Å²) in [6.07, 6.45) is 1.53. The molecule has 4 aliphatic heterocycles. The number of hydrogen-bond acceptors (Lipinski definition) is 12. The molecule has 5 aliphatic rings. The predicted molar refractivity (Wildman–Crippen MR) is 179 cm³/mol. The zero-order valence-corrected chi connectivity index (χ0v) is 29.7. The van der Waals surface area contributed by atoms with Crippen molar-refractivity contribution in [2.75, 3.05) is 34.0 Å². The molecule has 0 unspecified atom stereocenters. The van der Waals surface area contributed by atoms with Crippen LogP contribution in [-0.2, 0) is 54.3 Å². The van der Waals surface area contributed by atoms with Crippen LogP contribution < -0.4 is 5.32 Å². The molecule has 1 aromatic carbocycles. The van der Waals surface area contributed by atoms with E-state index in [0.717, 1.165) is 11.1 Å². The van der Waals surface area contributed by atoms with Gasteiger partial charge in [-0.05, 0) is 57.2 Å². The first-order valence-electron chi connectivity index (χ1n) is 17.5. The Morgan fingerprint density at radius 2 is 1.86 bits per heavy atom. The summed E-state index contributed by atoms with van der Waals surface area (Å²) in [7, 11) is 3.35. The van der Waals surface area contributed by atoms with E-state index < -0.39 is 83.9 Å². The number of hydroxylamine groups is 2. The fourth-order valence-corrected chi connectivity index (χ4v) is 7.78. The smallest absolute Gasteiger partial charge is 0.327 e. The number of hydrogen-bond donors (Lipinski definition) is 2. The first-order valence-corrected chi connectivity index (χ1v) is 17.5. The van der Waals surface area contributed by atoms with E-state index in [-0.39, 0.29) is 45.1 Å². The summed E-state index contributed by atoms with van der Waals surface area (Å²) in [6, 6.07) is 4.71. The Kier molecular flexibility index (Phi) is 10.6. The number of esters is 2. The molecule has 5 fully saturated rings. The third kappa shape index (κ3) is 7.40. The Balaban J connectivity index is 1.21. The fourth-order valence-electron chi connectivity index (χ4n) is 7.78. The first-order chi connectivity index (χ1) is 24.2. The van der Waals surface area contributed by atoms with Gasteiger partial charge in [0.05, 0.1) is 19.2 Å². The van der Waals surface area contributed by atoms with E-state index in [1.807, 2.05) is 24.3 Å². The van der Waals surface area contributed by atoms with E-state index in [2.05, 4.69) is 5.32 Å². The highest BCUT2D eigenvalue weighted by molar-refractivity contribution is 5.96. The van der Waals surface area contributed by atoms with Gasteiger partial charge < -0.3 is 39.2 Å². The van der Waals surface area contributed by atoms with E-state index >= 15 is 0 Å². The van der Waals surface area contributed by atoms with Crippen LogP contribution >= 0.6 is 0 Å². The van der Waals surface area contributed by atoms with Crippen molar-refractivity contribution < 1.29 is 52.9 Å². The van der Waals surface area contributed by atoms with E-state index in [1.165, 1.54) is 20.9 Å². The van der Waals surface area contributed by atoms with Crippen molar-refractivity contribution in [3.63, 3.8) is 0 Å². The van der Waals surface area contributed by atoms with Crippen LogP contribution in [0.5, 0.6) is 0 Å². The molecule has 1 aromatic rings. The second-order valence-electron chi connectivity index (χ2n) is 15.1. The summed E-state index contributed by atoms with van der Waals surface area (Å²) < 4.78 is 23.0. The lowest BCUT2D eigenvalue weighted by Crippen LogP contribution is -2.70. The van der Waals surface area contributed by atoms with E-state index in [9.17, 15) is 29.1 Å². The van der Waals surface area contributed by atoms with Gasteiger partial charge in [-0.15, -0.1) is 0 Å². The normalized spacial score (nSPS) is 30.5. The van der Waals surface area contributed by atoms with E-state index in [1.54, 1.807) is 40.9 Å². The third-order valence-electron chi connectivity index (χ3n) is 10.1. The number of nitrogens with zero attached hydrogens (tertiary/aromatic N) is 3. The van der Waals surface area contributed by atoms with Crippen molar-refractivity contribution >= 4 is 35.7 Å². The highest BCUT2D eigenvalue weighted by atomic mass is 16.8. The van der Waals surface area contributed by atoms with Crippen LogP contribution in [0.15, 0.2) is 30.3 Å². The molecule has 2 bridgehead atoms. The van der Waals surface area contributed by atoms with Gasteiger partial charge in [0.1, 0.15) is 48.3 Å². The van der Waals surface area contributed by atoms with Crippen LogP contribution in [0.25, 0.3) is 6.08 Å². The number of amides is 3. The summed E-state index contributed by atoms with van der Waals surface area (Å²) in [5, 5.41) is 14.3. The van der Waals surface area contributed by atoms with Crippen molar-refractivity contribution in [3.8, 4) is 0 Å². The Morgan fingerprint density at radius 1 is 1.14 bits per heavy atom. The van der Waals surface area contributed by atoms with Crippen LogP contribution in [0.3, 0.4) is 0 Å². The Labute approximate surface area is 297 Å². The second-order valence-corrected chi connectivity index (χ2v) is 15.1. The average Bonchev–Trinajstić information content (AvgIpc) is 3.83. The van der Waals surface area contributed by atoms with Gasteiger partial charge in [0.15, 0.2) is 6.04 Å². The lowest BCUT2D eigenvalue weighted by atomic mass is 9.62. The maximum absolute atomic E-state index is 14.9. The first kappa shape index (κ1) is 36.9. The topological polar surface area (TPSA) is 173 Å². The molecule has 51 heavy (non-hydrogen) atoms. The van der Waals surface area contributed by atoms with Gasteiger partial charge >= 0.3 is 11.9 Å². The molecule has 1 aliphatic carbocycles. The minimum atomic E-state index is -1.42. The van der Waals surface area contributed by atoms with Gasteiger partial charge in [0, 0.05) is 39.6 Å². The van der Waals surface area contributed by atoms with Crippen LogP contribution in [0, 0.1) is 5.41 Å². The molecule has 0 aromatic heterocycles. The third-order valence-corrected chi connectivity index (χ3v) is 10.1. The van der Waals surface area contributed by atoms with Gasteiger partial charge in [-0.25, -0.2) is 0 Å². The summed E-state index contributed by atoms with van der Waals surface area (Å²) in [4.78, 5) is 76.3. The van der Waals surface area contributed by atoms with Crippen LogP contribution in [-0.4, -0.2) is 132 Å². The summed E-state index contributed by atoms with van der Waals surface area (Å²) in [5.41, 5.74) is -0.474. The van der Waals surface area contributed by atoms with Crippen molar-refractivity contribution in [3.05, 3.63) is 41.5 Å². The van der Waals surface area contributed by atoms with Gasteiger partial charge in [-0.2, -0.15) is 5.06 Å². The Morgan fingerprint density at radius 3 is 2.55 bits per heavy atom. The number of carbonyl (C=O) groups is 5. The lowest BCUT2D eigenvalue weighted by molar-refractivity contribution is -0.204. The average molecular weight is 713 g/mol. The van der Waals surface area contributed by atoms with Crippen LogP contribution in [0.2, 0.25) is 0 Å². The molecule has 278 valence electrons. The van der Waals surface area contributed by atoms with Crippen molar-refractivity contribution in [2.24, 2.45) is 5.41 Å². The predicted octanol–water partition coefficient (Wildman–Crippen LogP) is 0.919. The monoisotopic (exact) mass is 712 g/mol. The largest absolute Gasteiger partial charge is 0.460 e. The molecule has 4 saturated heterocycles. The zero-order valence-electron chi connectivity index (χ0n) is 29.7. The molecule has 2 N–H and O–H groups in total. The molecule has 0 spiro atoms. The molecule has 3 amide bonds. The number of rotatable bonds is 11. The van der Waals surface area contributed by atoms with Crippen LogP contribution in [0.4, 0.5) is 0 Å². The van der Waals surface area contributed by atoms with Gasteiger partial charge in [-0.3, -0.25) is 28.8 Å². The number of aliphatic hydroxyl groups is 1. The number of fused-ring (bicyclic) bond motifs is 4. The minimum Gasteiger partial charge on any atom is -0.460 e. The maximum Gasteiger partial charge on any atom is 0.327 e. The lowest BCUT2D eigenvalue weighted by Gasteiger charge is -2.50. The molecular weight excluding hydrogens is 664 g/mol. The van der Waals surface area contributed by atoms with Crippen LogP contribution in [0.1, 0.15) is 64.0 Å². The fraction of sp³-hybridized carbons (Fsp3) is 0.639. The van der Waals surface area contributed by atoms with Crippen molar-refractivity contribution in [1.82, 2.24) is 20.2 Å². The molecule has 15 nitrogen and oxygen atoms in total. The van der Waals surface area contributed by atoms with Gasteiger partial charge in [0.2, 0.25) is 17.7 Å². The molecule has 6 rings (SSSR count). The molecule has 8 atom stereocenters. The number of likely N-dealkylation sites (N-methyl/N-ethyl adjacent to an activating group) is 1. The molecule has 1 saturated carbocycles. The number of aliphatic hydroxyl groups excluding tert-OH is 1. The summed E-state index contributed by atoms with van der Waals surface area (Å²) in [6.45, 7) is 5.29. The second kappa shape index (κ2) is 14.6. The standard InChI is InChI=1S/C36H48N4O11/c1-35(2,3)50-27(43)15-13-23(19-41)37-32(44)24-7-6-16-39(24)34(46)36-17-25-28-29(48-20-47-28)31(36)51-40(30(36)33(45)49-25)18-22-10-8-21(9-11-22)12-14-26(42)38(4)5/h8-12,14,23-25,28-31,41H,6-7,13,15-20H2,1-5H3,(H,37,44)/t23-,24+,25-,28-,29-,30-,31+,36-/m0/s1. The van der Waals surface area contributed by atoms with Gasteiger partial charge in [-0.1, -0.05) is 24.3 Å². The van der Waals surface area contributed by atoms with Crippen molar-refractivity contribution in [2.45, 2.75) is 108 Å². The number of benzene rings is 1. The quantitative estimate of drug-likeness (QED) is 0.246. The maximum atomic E-state index is 14.9. The SMILES string of the molecule is CN(C)C(=O)C=Cc1ccc(CN2O[C@@H]3[C@H]4OCO[C@H]4[C@@H]4C[C@]3(C(=O)N3CCC[C@@H]3C(=O)N[C@H](CO)CCC(=O)OC(C)(C)C)[C@@H]2C(=O)O4)cc1. The molecule has 15 heteroatoms. The Bertz CT molecular complexity index is 1540. The highest BCUT2D eigenvalue weighted by Crippen LogP contribution is 2.56. The summed E-state index contributed by atoms with van der Waals surface area (Å²) >= 11 is 0. The number of nitrogens with one attached hydrogen (secondary N) is 1. The Hall–Kier alpha value is -3.89. The number of likely N-dealkylation sites (tertiary alicyclic amines) is 1. The molecule has 0 radical (unpaired) electrons. The minimum absolute atomic E-state index is 0.000580. The van der Waals surface area contributed by atoms with Gasteiger partial charge in [0.25, 0.3) is 0 Å². The molecular formula is C36H48N4O11. The molecule has 4 heterocycles. The van der Waals surface area contributed by atoms with Crippen molar-refractivity contribution in [1.29, 1.82) is 0 Å². The highest BCUT2D eigenvalue weighted by Gasteiger charge is 2.75. The van der Waals surface area contributed by atoms with E-state index in [4.69, 9.17) is 23.8 Å². The van der Waals surface area contributed by atoms with E-state index in [0.29, 0.717) is 12.8 Å². The zero-order chi connectivity index (χ0) is 36.7. The summed E-state index contributed by atoms with van der Waals surface area (Å²) in [5.74, 6) is -2.04. The number of ether oxygens (including phenoxy) is 4.